The number of aryl methyl sites for hydroxylation is 2. The van der Waals surface area contributed by atoms with Gasteiger partial charge >= 0.3 is 0 Å². The van der Waals surface area contributed by atoms with Gasteiger partial charge in [0.25, 0.3) is 0 Å². The van der Waals surface area contributed by atoms with Crippen LogP contribution in [0.5, 0.6) is 0 Å². The van der Waals surface area contributed by atoms with Crippen molar-refractivity contribution in [1.82, 2.24) is 4.98 Å². The van der Waals surface area contributed by atoms with E-state index in [1.165, 1.54) is 0 Å². The molecule has 1 aromatic heterocycles. The van der Waals surface area contributed by atoms with Crippen molar-refractivity contribution in [2.45, 2.75) is 19.8 Å². The van der Waals surface area contributed by atoms with Crippen molar-refractivity contribution in [3.05, 3.63) is 48.2 Å². The van der Waals surface area contributed by atoms with Gasteiger partial charge in [0.05, 0.1) is 5.69 Å². The van der Waals surface area contributed by atoms with E-state index in [-0.39, 0.29) is 5.91 Å². The number of hydrogen-bond acceptors (Lipinski definition) is 3. The second-order valence-corrected chi connectivity index (χ2v) is 3.77. The predicted octanol–water partition coefficient (Wildman–Crippen LogP) is 2.55. The Morgan fingerprint density at radius 1 is 1.35 bits per heavy atom. The predicted molar refractivity (Wildman–Crippen MR) is 64.6 cm³/mol. The van der Waals surface area contributed by atoms with Gasteiger partial charge in [0.1, 0.15) is 6.26 Å². The molecule has 4 nitrogen and oxygen atoms in total. The molecule has 0 radical (unpaired) electrons. The highest BCUT2D eigenvalue weighted by atomic mass is 16.3. The first-order chi connectivity index (χ1) is 8.24. The maximum absolute atomic E-state index is 11.6. The van der Waals surface area contributed by atoms with E-state index in [4.69, 9.17) is 4.42 Å². The van der Waals surface area contributed by atoms with Gasteiger partial charge < -0.3 is 9.73 Å². The summed E-state index contributed by atoms with van der Waals surface area (Å²) in [5.74, 6) is 0.611. The van der Waals surface area contributed by atoms with E-state index >= 15 is 0 Å². The Hall–Kier alpha value is -2.10. The van der Waals surface area contributed by atoms with Crippen molar-refractivity contribution >= 4 is 11.6 Å². The van der Waals surface area contributed by atoms with Crippen molar-refractivity contribution in [1.29, 1.82) is 0 Å². The van der Waals surface area contributed by atoms with E-state index < -0.39 is 0 Å². The first-order valence-electron chi connectivity index (χ1n) is 5.50. The Morgan fingerprint density at radius 2 is 2.12 bits per heavy atom. The molecule has 1 heterocycles. The molecule has 88 valence electrons. The fourth-order valence-electron chi connectivity index (χ4n) is 1.51. The van der Waals surface area contributed by atoms with Gasteiger partial charge in [0, 0.05) is 25.5 Å². The van der Waals surface area contributed by atoms with E-state index in [9.17, 15) is 4.79 Å². The largest absolute Gasteiger partial charge is 0.449 e. The van der Waals surface area contributed by atoms with Crippen LogP contribution in [0.4, 0.5) is 5.69 Å². The summed E-state index contributed by atoms with van der Waals surface area (Å²) in [5.41, 5.74) is 1.62. The summed E-state index contributed by atoms with van der Waals surface area (Å²) in [6, 6.07) is 9.40. The third kappa shape index (κ3) is 3.45. The van der Waals surface area contributed by atoms with Gasteiger partial charge in [0.2, 0.25) is 5.91 Å². The first kappa shape index (κ1) is 11.4. The lowest BCUT2D eigenvalue weighted by molar-refractivity contribution is -0.116. The molecular formula is C13H14N2O2. The molecule has 0 aliphatic carbocycles. The topological polar surface area (TPSA) is 55.1 Å². The fraction of sp³-hybridized carbons (Fsp3) is 0.231. The Morgan fingerprint density at radius 3 is 2.76 bits per heavy atom. The van der Waals surface area contributed by atoms with Gasteiger partial charge in [-0.05, 0) is 12.1 Å². The molecule has 0 saturated heterocycles. The Bertz CT molecular complexity index is 491. The molecule has 0 fully saturated rings. The lowest BCUT2D eigenvalue weighted by Crippen LogP contribution is -2.12. The molecule has 0 bridgehead atoms. The minimum absolute atomic E-state index is 0.0168. The fourth-order valence-corrected chi connectivity index (χ4v) is 1.51. The summed E-state index contributed by atoms with van der Waals surface area (Å²) < 4.78 is 5.07. The molecule has 0 unspecified atom stereocenters. The number of oxazole rings is 1. The molecule has 4 heteroatoms. The minimum Gasteiger partial charge on any atom is -0.449 e. The lowest BCUT2D eigenvalue weighted by atomic mass is 10.2. The number of carbonyl (C=O) groups excluding carboxylic acids is 1. The monoisotopic (exact) mass is 230 g/mol. The number of carbonyl (C=O) groups is 1. The lowest BCUT2D eigenvalue weighted by Gasteiger charge is -2.03. The standard InChI is InChI=1S/C13H14N2O2/c1-10-14-12(9-17-10)7-8-13(16)15-11-5-3-2-4-6-11/h2-6,9H,7-8H2,1H3,(H,15,16). The molecule has 2 rings (SSSR count). The second kappa shape index (κ2) is 5.30. The van der Waals surface area contributed by atoms with Gasteiger partial charge in [-0.1, -0.05) is 18.2 Å². The zero-order valence-corrected chi connectivity index (χ0v) is 9.64. The van der Waals surface area contributed by atoms with E-state index in [0.29, 0.717) is 18.7 Å². The molecule has 1 N–H and O–H groups in total. The number of amides is 1. The molecule has 17 heavy (non-hydrogen) atoms. The summed E-state index contributed by atoms with van der Waals surface area (Å²) >= 11 is 0. The molecule has 2 aromatic rings. The number of para-hydroxylation sites is 1. The summed E-state index contributed by atoms with van der Waals surface area (Å²) in [4.78, 5) is 15.8. The summed E-state index contributed by atoms with van der Waals surface area (Å²) in [6.07, 6.45) is 2.59. The van der Waals surface area contributed by atoms with E-state index in [0.717, 1.165) is 11.4 Å². The number of nitrogens with one attached hydrogen (secondary N) is 1. The molecule has 0 saturated carbocycles. The van der Waals surface area contributed by atoms with Crippen molar-refractivity contribution in [2.75, 3.05) is 5.32 Å². The van der Waals surface area contributed by atoms with Crippen LogP contribution in [0, 0.1) is 6.92 Å². The minimum atomic E-state index is -0.0168. The SMILES string of the molecule is Cc1nc(CCC(=O)Nc2ccccc2)co1. The number of benzene rings is 1. The zero-order chi connectivity index (χ0) is 12.1. The van der Waals surface area contributed by atoms with Crippen LogP contribution in [-0.4, -0.2) is 10.9 Å². The van der Waals surface area contributed by atoms with Gasteiger partial charge in [-0.3, -0.25) is 4.79 Å². The Labute approximate surface area is 99.7 Å². The van der Waals surface area contributed by atoms with Crippen LogP contribution in [0.1, 0.15) is 18.0 Å². The molecule has 0 aliphatic rings. The number of rotatable bonds is 4. The van der Waals surface area contributed by atoms with E-state index in [2.05, 4.69) is 10.3 Å². The normalized spacial score (nSPS) is 10.2. The van der Waals surface area contributed by atoms with E-state index in [1.54, 1.807) is 13.2 Å². The van der Waals surface area contributed by atoms with Crippen LogP contribution in [0.15, 0.2) is 41.0 Å². The number of aromatic nitrogens is 1. The highest BCUT2D eigenvalue weighted by molar-refractivity contribution is 5.90. The van der Waals surface area contributed by atoms with Crippen molar-refractivity contribution in [3.63, 3.8) is 0 Å². The van der Waals surface area contributed by atoms with Gasteiger partial charge in [-0.15, -0.1) is 0 Å². The number of anilines is 1. The molecular weight excluding hydrogens is 216 g/mol. The summed E-state index contributed by atoms with van der Waals surface area (Å²) in [6.45, 7) is 1.79. The highest BCUT2D eigenvalue weighted by Gasteiger charge is 2.05. The number of nitrogens with zero attached hydrogens (tertiary/aromatic N) is 1. The average Bonchev–Trinajstić information content (AvgIpc) is 2.74. The zero-order valence-electron chi connectivity index (χ0n) is 9.64. The smallest absolute Gasteiger partial charge is 0.224 e. The second-order valence-electron chi connectivity index (χ2n) is 3.77. The average molecular weight is 230 g/mol. The molecule has 0 aliphatic heterocycles. The van der Waals surface area contributed by atoms with Crippen molar-refractivity contribution < 1.29 is 9.21 Å². The van der Waals surface area contributed by atoms with Gasteiger partial charge in [-0.25, -0.2) is 4.98 Å². The Balaban J connectivity index is 1.82. The van der Waals surface area contributed by atoms with E-state index in [1.807, 2.05) is 30.3 Å². The van der Waals surface area contributed by atoms with Crippen LogP contribution in [-0.2, 0) is 11.2 Å². The van der Waals surface area contributed by atoms with Crippen LogP contribution in [0.25, 0.3) is 0 Å². The first-order valence-corrected chi connectivity index (χ1v) is 5.50. The van der Waals surface area contributed by atoms with Gasteiger partial charge in [-0.2, -0.15) is 0 Å². The third-order valence-corrected chi connectivity index (χ3v) is 2.33. The number of hydrogen-bond donors (Lipinski definition) is 1. The van der Waals surface area contributed by atoms with Crippen LogP contribution >= 0.6 is 0 Å². The molecule has 0 atom stereocenters. The maximum atomic E-state index is 11.6. The highest BCUT2D eigenvalue weighted by Crippen LogP contribution is 2.07. The summed E-state index contributed by atoms with van der Waals surface area (Å²) in [7, 11) is 0. The van der Waals surface area contributed by atoms with Gasteiger partial charge in [0.15, 0.2) is 5.89 Å². The van der Waals surface area contributed by atoms with Crippen LogP contribution in [0.2, 0.25) is 0 Å². The molecule has 0 spiro atoms. The quantitative estimate of drug-likeness (QED) is 0.878. The van der Waals surface area contributed by atoms with Crippen molar-refractivity contribution in [3.8, 4) is 0 Å². The van der Waals surface area contributed by atoms with Crippen LogP contribution < -0.4 is 5.32 Å². The van der Waals surface area contributed by atoms with Crippen molar-refractivity contribution in [2.24, 2.45) is 0 Å². The Kier molecular flexibility index (Phi) is 3.55. The molecule has 1 aromatic carbocycles. The van der Waals surface area contributed by atoms with Crippen LogP contribution in [0.3, 0.4) is 0 Å². The third-order valence-electron chi connectivity index (χ3n) is 2.33. The summed E-state index contributed by atoms with van der Waals surface area (Å²) in [5, 5.41) is 2.82. The maximum Gasteiger partial charge on any atom is 0.224 e. The molecule has 1 amide bonds.